The maximum absolute atomic E-state index is 13.6. The largest absolute Gasteiger partial charge is 0.468 e. The second-order valence-electron chi connectivity index (χ2n) is 6.55. The Hall–Kier alpha value is -3.13. The average Bonchev–Trinajstić information content (AvgIpc) is 3.22. The van der Waals surface area contributed by atoms with Gasteiger partial charge in [-0.3, -0.25) is 4.79 Å². The Kier molecular flexibility index (Phi) is 6.74. The third-order valence-electron chi connectivity index (χ3n) is 4.21. The molecule has 0 radical (unpaired) electrons. The van der Waals surface area contributed by atoms with Crippen LogP contribution in [0.4, 0.5) is 14.5 Å². The maximum atomic E-state index is 13.6. The van der Waals surface area contributed by atoms with Gasteiger partial charge in [0.2, 0.25) is 26.0 Å². The molecule has 0 atom stereocenters. The van der Waals surface area contributed by atoms with E-state index in [4.69, 9.17) is 9.56 Å². The number of hydrogen-bond donors (Lipinski definition) is 2. The van der Waals surface area contributed by atoms with Gasteiger partial charge in [0, 0.05) is 5.69 Å². The minimum atomic E-state index is -4.45. The Morgan fingerprint density at radius 3 is 2.34 bits per heavy atom. The van der Waals surface area contributed by atoms with Gasteiger partial charge in [-0.25, -0.2) is 30.8 Å². The van der Waals surface area contributed by atoms with E-state index in [9.17, 15) is 30.4 Å². The lowest BCUT2D eigenvalue weighted by Crippen LogP contribution is -2.37. The van der Waals surface area contributed by atoms with Crippen molar-refractivity contribution in [2.45, 2.75) is 16.3 Å². The Balaban J connectivity index is 1.88. The van der Waals surface area contributed by atoms with Crippen LogP contribution in [-0.2, 0) is 31.4 Å². The summed E-state index contributed by atoms with van der Waals surface area (Å²) in [5.74, 6) is -3.23. The van der Waals surface area contributed by atoms with E-state index in [1.54, 1.807) is 0 Å². The highest BCUT2D eigenvalue weighted by atomic mass is 32.2. The first-order chi connectivity index (χ1) is 15.0. The van der Waals surface area contributed by atoms with Crippen LogP contribution in [0.2, 0.25) is 0 Å². The number of nitrogens with one attached hydrogen (secondary N) is 1. The molecule has 0 aliphatic carbocycles. The molecule has 0 saturated heterocycles. The van der Waals surface area contributed by atoms with E-state index in [-0.39, 0.29) is 22.9 Å². The fraction of sp³-hybridized carbons (Fsp3) is 0.105. The summed E-state index contributed by atoms with van der Waals surface area (Å²) < 4.78 is 81.7. The highest BCUT2D eigenvalue weighted by molar-refractivity contribution is 7.89. The molecular weight excluding hydrogens is 468 g/mol. The lowest BCUT2D eigenvalue weighted by atomic mass is 10.3. The lowest BCUT2D eigenvalue weighted by Gasteiger charge is -2.21. The first-order valence-corrected chi connectivity index (χ1v) is 11.9. The molecule has 3 aromatic rings. The van der Waals surface area contributed by atoms with Gasteiger partial charge in [-0.15, -0.1) is 0 Å². The van der Waals surface area contributed by atoms with E-state index in [1.807, 2.05) is 0 Å². The monoisotopic (exact) mass is 485 g/mol. The van der Waals surface area contributed by atoms with Gasteiger partial charge in [-0.05, 0) is 48.5 Å². The molecule has 3 N–H and O–H groups in total. The third-order valence-corrected chi connectivity index (χ3v) is 6.91. The van der Waals surface area contributed by atoms with Crippen LogP contribution in [0.3, 0.4) is 0 Å². The van der Waals surface area contributed by atoms with Crippen molar-refractivity contribution in [3.63, 3.8) is 0 Å². The van der Waals surface area contributed by atoms with Crippen LogP contribution in [0.25, 0.3) is 0 Å². The Morgan fingerprint density at radius 2 is 1.72 bits per heavy atom. The molecule has 0 unspecified atom stereocenters. The SMILES string of the molecule is NS(=O)(=O)c1cccc(NC(=O)CN(Cc2ccco2)S(=O)(=O)c2ccc(F)c(F)c2)c1. The van der Waals surface area contributed by atoms with Crippen molar-refractivity contribution in [2.24, 2.45) is 5.14 Å². The van der Waals surface area contributed by atoms with Crippen LogP contribution < -0.4 is 10.5 Å². The topological polar surface area (TPSA) is 140 Å². The van der Waals surface area contributed by atoms with Crippen molar-refractivity contribution in [1.29, 1.82) is 0 Å². The number of amides is 1. The van der Waals surface area contributed by atoms with Gasteiger partial charge in [-0.1, -0.05) is 6.07 Å². The smallest absolute Gasteiger partial charge is 0.244 e. The van der Waals surface area contributed by atoms with E-state index < -0.39 is 49.0 Å². The normalized spacial score (nSPS) is 12.1. The maximum Gasteiger partial charge on any atom is 0.244 e. The van der Waals surface area contributed by atoms with Crippen molar-refractivity contribution in [3.05, 3.63) is 78.3 Å². The molecule has 170 valence electrons. The Morgan fingerprint density at radius 1 is 0.969 bits per heavy atom. The van der Waals surface area contributed by atoms with Crippen molar-refractivity contribution in [1.82, 2.24) is 4.31 Å². The van der Waals surface area contributed by atoms with Crippen molar-refractivity contribution in [2.75, 3.05) is 11.9 Å². The molecule has 1 amide bonds. The fourth-order valence-corrected chi connectivity index (χ4v) is 4.63. The second kappa shape index (κ2) is 9.16. The number of carbonyl (C=O) groups is 1. The molecule has 1 aromatic heterocycles. The average molecular weight is 485 g/mol. The molecule has 32 heavy (non-hydrogen) atoms. The van der Waals surface area contributed by atoms with Crippen molar-refractivity contribution < 1.29 is 34.8 Å². The minimum Gasteiger partial charge on any atom is -0.468 e. The number of rotatable bonds is 8. The van der Waals surface area contributed by atoms with Crippen LogP contribution in [0.5, 0.6) is 0 Å². The molecule has 0 aliphatic heterocycles. The molecule has 9 nitrogen and oxygen atoms in total. The summed E-state index contributed by atoms with van der Waals surface area (Å²) in [7, 11) is -8.47. The van der Waals surface area contributed by atoms with Crippen LogP contribution in [0.1, 0.15) is 5.76 Å². The summed E-state index contributed by atoms with van der Waals surface area (Å²) in [6, 6.07) is 10.1. The lowest BCUT2D eigenvalue weighted by molar-refractivity contribution is -0.116. The first-order valence-electron chi connectivity index (χ1n) is 8.87. The predicted molar refractivity (Wildman–Crippen MR) is 109 cm³/mol. The number of primary sulfonamides is 1. The summed E-state index contributed by atoms with van der Waals surface area (Å²) >= 11 is 0. The molecule has 0 spiro atoms. The van der Waals surface area contributed by atoms with Crippen molar-refractivity contribution in [3.8, 4) is 0 Å². The summed E-state index contributed by atoms with van der Waals surface area (Å²) in [4.78, 5) is 11.7. The molecular formula is C19H17F2N3O6S2. The van der Waals surface area contributed by atoms with Gasteiger partial charge < -0.3 is 9.73 Å². The predicted octanol–water partition coefficient (Wildman–Crippen LogP) is 2.03. The standard InChI is InChI=1S/C19H17F2N3O6S2/c20-17-7-6-16(10-18(17)21)32(28,29)24(11-14-4-2-8-30-14)12-19(25)23-13-3-1-5-15(9-13)31(22,26)27/h1-10H,11-12H2,(H,23,25)(H2,22,26,27). The van der Waals surface area contributed by atoms with E-state index >= 15 is 0 Å². The van der Waals surface area contributed by atoms with Crippen LogP contribution in [-0.4, -0.2) is 33.6 Å². The highest BCUT2D eigenvalue weighted by Gasteiger charge is 2.29. The molecule has 0 aliphatic rings. The van der Waals surface area contributed by atoms with Gasteiger partial charge in [0.05, 0.1) is 29.1 Å². The molecule has 0 bridgehead atoms. The van der Waals surface area contributed by atoms with Gasteiger partial charge in [0.1, 0.15) is 5.76 Å². The number of nitrogens with zero attached hydrogens (tertiary/aromatic N) is 1. The molecule has 1 heterocycles. The van der Waals surface area contributed by atoms with E-state index in [1.165, 1.54) is 36.6 Å². The van der Waals surface area contributed by atoms with Crippen LogP contribution in [0, 0.1) is 11.6 Å². The van der Waals surface area contributed by atoms with Crippen LogP contribution >= 0.6 is 0 Å². The molecule has 0 fully saturated rings. The summed E-state index contributed by atoms with van der Waals surface area (Å²) in [5, 5.41) is 7.44. The van der Waals surface area contributed by atoms with Crippen molar-refractivity contribution >= 4 is 31.6 Å². The van der Waals surface area contributed by atoms with E-state index in [0.717, 1.165) is 12.1 Å². The number of furan rings is 1. The Labute approximate surface area is 182 Å². The summed E-state index contributed by atoms with van der Waals surface area (Å²) in [5.41, 5.74) is 0.0599. The fourth-order valence-electron chi connectivity index (χ4n) is 2.70. The molecule has 0 saturated carbocycles. The number of hydrogen-bond acceptors (Lipinski definition) is 6. The first kappa shape index (κ1) is 23.5. The van der Waals surface area contributed by atoms with Gasteiger partial charge >= 0.3 is 0 Å². The number of carbonyl (C=O) groups excluding carboxylic acids is 1. The number of nitrogens with two attached hydrogens (primary N) is 1. The third kappa shape index (κ3) is 5.56. The number of anilines is 1. The van der Waals surface area contributed by atoms with Gasteiger partial charge in [0.15, 0.2) is 11.6 Å². The van der Waals surface area contributed by atoms with E-state index in [0.29, 0.717) is 16.4 Å². The second-order valence-corrected chi connectivity index (χ2v) is 10.0. The number of halogens is 2. The minimum absolute atomic E-state index is 0.0599. The molecule has 2 aromatic carbocycles. The zero-order valence-corrected chi connectivity index (χ0v) is 17.9. The Bertz CT molecular complexity index is 1340. The number of benzene rings is 2. The van der Waals surface area contributed by atoms with Gasteiger partial charge in [0.25, 0.3) is 0 Å². The summed E-state index contributed by atoms with van der Waals surface area (Å²) in [6.07, 6.45) is 1.30. The molecule has 3 rings (SSSR count). The highest BCUT2D eigenvalue weighted by Crippen LogP contribution is 2.21. The zero-order valence-electron chi connectivity index (χ0n) is 16.2. The zero-order chi connectivity index (χ0) is 23.5. The van der Waals surface area contributed by atoms with Crippen LogP contribution in [0.15, 0.2) is 75.1 Å². The van der Waals surface area contributed by atoms with E-state index in [2.05, 4.69) is 5.32 Å². The summed E-state index contributed by atoms with van der Waals surface area (Å²) in [6.45, 7) is -1.11. The number of sulfonamides is 2. The quantitative estimate of drug-likeness (QED) is 0.500. The molecule has 13 heteroatoms. The van der Waals surface area contributed by atoms with Gasteiger partial charge in [-0.2, -0.15) is 4.31 Å².